The van der Waals surface area contributed by atoms with Crippen LogP contribution in [0.15, 0.2) is 60.7 Å². The number of ketones is 1. The summed E-state index contributed by atoms with van der Waals surface area (Å²) in [6.07, 6.45) is 0.422. The normalized spacial score (nSPS) is 19.7. The molecule has 0 aromatic heterocycles. The Bertz CT molecular complexity index is 1090. The van der Waals surface area contributed by atoms with E-state index in [9.17, 15) is 19.2 Å². The first-order valence-corrected chi connectivity index (χ1v) is 13.6. The highest BCUT2D eigenvalue weighted by Crippen LogP contribution is 2.29. The molecule has 0 saturated carbocycles. The van der Waals surface area contributed by atoms with Crippen LogP contribution in [0, 0.1) is 11.8 Å². The van der Waals surface area contributed by atoms with E-state index in [1.165, 1.54) is 7.11 Å². The lowest BCUT2D eigenvalue weighted by molar-refractivity contribution is -0.141. The van der Waals surface area contributed by atoms with E-state index in [-0.39, 0.29) is 48.6 Å². The largest absolute Gasteiger partial charge is 0.481 e. The van der Waals surface area contributed by atoms with Gasteiger partial charge in [-0.05, 0) is 31.9 Å². The maximum absolute atomic E-state index is 12.0. The minimum Gasteiger partial charge on any atom is -0.481 e. The average Bonchev–Trinajstić information content (AvgIpc) is 3.56. The third-order valence-electron chi connectivity index (χ3n) is 7.20. The van der Waals surface area contributed by atoms with Gasteiger partial charge in [-0.3, -0.25) is 19.2 Å². The van der Waals surface area contributed by atoms with Crippen LogP contribution in [-0.4, -0.2) is 79.0 Å². The van der Waals surface area contributed by atoms with E-state index in [4.69, 9.17) is 9.84 Å². The summed E-state index contributed by atoms with van der Waals surface area (Å²) < 4.78 is 9.39. The van der Waals surface area contributed by atoms with Crippen molar-refractivity contribution in [3.63, 3.8) is 0 Å². The second-order valence-corrected chi connectivity index (χ2v) is 9.88. The van der Waals surface area contributed by atoms with Gasteiger partial charge in [0.2, 0.25) is 11.8 Å². The Morgan fingerprint density at radius 1 is 0.800 bits per heavy atom. The highest BCUT2D eigenvalue weighted by atomic mass is 16.5. The molecule has 2 saturated heterocycles. The fourth-order valence-corrected chi connectivity index (χ4v) is 4.68. The Kier molecular flexibility index (Phi) is 13.5. The van der Waals surface area contributed by atoms with Crippen LogP contribution in [-0.2, 0) is 28.7 Å². The summed E-state index contributed by atoms with van der Waals surface area (Å²) in [4.78, 5) is 49.9. The number of rotatable bonds is 9. The van der Waals surface area contributed by atoms with Crippen LogP contribution in [0.1, 0.15) is 56.8 Å². The molecule has 2 aromatic rings. The van der Waals surface area contributed by atoms with Crippen molar-refractivity contribution in [3.8, 4) is 0 Å². The number of likely N-dealkylation sites (tertiary alicyclic amines) is 2. The Morgan fingerprint density at radius 3 is 1.55 bits per heavy atom. The summed E-state index contributed by atoms with van der Waals surface area (Å²) in [5.41, 5.74) is 2.13. The molecule has 4 rings (SSSR count). The van der Waals surface area contributed by atoms with E-state index in [0.29, 0.717) is 19.5 Å². The lowest BCUT2D eigenvalue weighted by Gasteiger charge is -2.25. The molecule has 0 radical (unpaired) electrons. The van der Waals surface area contributed by atoms with E-state index in [1.807, 2.05) is 81.4 Å². The lowest BCUT2D eigenvalue weighted by Crippen LogP contribution is -2.29. The Morgan fingerprint density at radius 2 is 1.20 bits per heavy atom. The molecule has 2 fully saturated rings. The zero-order valence-electron chi connectivity index (χ0n) is 24.1. The van der Waals surface area contributed by atoms with E-state index in [2.05, 4.69) is 4.74 Å². The number of carboxylic acid groups (broad SMARTS) is 1. The number of carbonyl (C=O) groups excluding carboxylic acids is 3. The second kappa shape index (κ2) is 16.5. The number of nitrogens with zero attached hydrogens (tertiary/aromatic N) is 2. The molecule has 0 bridgehead atoms. The van der Waals surface area contributed by atoms with Crippen molar-refractivity contribution < 1.29 is 33.8 Å². The van der Waals surface area contributed by atoms with Gasteiger partial charge in [-0.2, -0.15) is 0 Å². The quantitative estimate of drug-likeness (QED) is 0.496. The molecule has 0 spiro atoms. The first kappa shape index (κ1) is 32.7. The van der Waals surface area contributed by atoms with Gasteiger partial charge >= 0.3 is 5.97 Å². The third kappa shape index (κ3) is 9.27. The minimum absolute atomic E-state index is 0.00837. The summed E-state index contributed by atoms with van der Waals surface area (Å²) in [7, 11) is 3.18. The molecule has 40 heavy (non-hydrogen) atoms. The number of aliphatic carboxylic acids is 1. The van der Waals surface area contributed by atoms with Crippen molar-refractivity contribution in [1.29, 1.82) is 0 Å². The molecule has 2 aliphatic rings. The van der Waals surface area contributed by atoms with Gasteiger partial charge in [0.25, 0.3) is 0 Å². The van der Waals surface area contributed by atoms with Gasteiger partial charge in [-0.1, -0.05) is 60.7 Å². The highest BCUT2D eigenvalue weighted by molar-refractivity contribution is 5.91. The topological polar surface area (TPSA) is 113 Å². The first-order valence-electron chi connectivity index (χ1n) is 13.6. The average molecular weight is 555 g/mol. The third-order valence-corrected chi connectivity index (χ3v) is 7.20. The van der Waals surface area contributed by atoms with E-state index in [1.54, 1.807) is 16.9 Å². The fraction of sp³-hybridized carbons (Fsp3) is 0.484. The van der Waals surface area contributed by atoms with Crippen LogP contribution >= 0.6 is 0 Å². The number of Topliss-reactive ketones (excluding diaryl/α,β-unsaturated/α-hetero) is 1. The molecule has 2 aliphatic heterocycles. The van der Waals surface area contributed by atoms with Gasteiger partial charge in [0.15, 0.2) is 5.78 Å². The highest BCUT2D eigenvalue weighted by Gasteiger charge is 2.37. The number of amides is 2. The molecule has 0 aliphatic carbocycles. The number of hydrogen-bond acceptors (Lipinski definition) is 6. The predicted molar refractivity (Wildman–Crippen MR) is 151 cm³/mol. The number of benzene rings is 2. The zero-order valence-corrected chi connectivity index (χ0v) is 24.1. The van der Waals surface area contributed by atoms with Gasteiger partial charge in [-0.25, -0.2) is 0 Å². The summed E-state index contributed by atoms with van der Waals surface area (Å²) in [5, 5.41) is 8.92. The van der Waals surface area contributed by atoms with Crippen LogP contribution in [0.25, 0.3) is 0 Å². The Labute approximate surface area is 237 Å². The Balaban J connectivity index is 0.000000249. The van der Waals surface area contributed by atoms with Crippen molar-refractivity contribution in [2.24, 2.45) is 11.8 Å². The van der Waals surface area contributed by atoms with Crippen molar-refractivity contribution in [2.45, 2.75) is 45.7 Å². The van der Waals surface area contributed by atoms with Crippen molar-refractivity contribution in [1.82, 2.24) is 9.80 Å². The molecular weight excluding hydrogens is 512 g/mol. The van der Waals surface area contributed by atoms with Crippen LogP contribution in [0.4, 0.5) is 0 Å². The summed E-state index contributed by atoms with van der Waals surface area (Å²) in [5.74, 6) is -1.69. The van der Waals surface area contributed by atoms with Crippen LogP contribution in [0.2, 0.25) is 0 Å². The first-order chi connectivity index (χ1) is 19.1. The second-order valence-electron chi connectivity index (χ2n) is 9.88. The molecule has 2 amide bonds. The van der Waals surface area contributed by atoms with Crippen LogP contribution in [0.5, 0.6) is 0 Å². The number of hydrogen-bond donors (Lipinski definition) is 1. The van der Waals surface area contributed by atoms with Crippen LogP contribution in [0.3, 0.4) is 0 Å². The van der Waals surface area contributed by atoms with Gasteiger partial charge in [0.05, 0.1) is 18.0 Å². The van der Waals surface area contributed by atoms with E-state index >= 15 is 0 Å². The van der Waals surface area contributed by atoms with Gasteiger partial charge < -0.3 is 24.4 Å². The van der Waals surface area contributed by atoms with Crippen molar-refractivity contribution in [3.05, 3.63) is 71.8 Å². The van der Waals surface area contributed by atoms with Crippen molar-refractivity contribution >= 4 is 23.6 Å². The maximum Gasteiger partial charge on any atom is 0.308 e. The molecule has 218 valence electrons. The predicted octanol–water partition coefficient (Wildman–Crippen LogP) is 4.15. The number of carbonyl (C=O) groups is 4. The van der Waals surface area contributed by atoms with E-state index < -0.39 is 11.9 Å². The SMILES string of the molecule is CCOC.COCC(=O)[C@@H]1CC(=O)N([C@H](C)c2ccccc2)C1.C[C@H](c1ccccc1)N1C[C@H](C(=O)O)CC1=O. The van der Waals surface area contributed by atoms with Gasteiger partial charge in [0, 0.05) is 52.7 Å². The zero-order chi connectivity index (χ0) is 29.7. The number of carboxylic acids is 1. The Hall–Kier alpha value is -3.56. The lowest BCUT2D eigenvalue weighted by atomic mass is 10.0. The van der Waals surface area contributed by atoms with Crippen molar-refractivity contribution in [2.75, 3.05) is 40.5 Å². The van der Waals surface area contributed by atoms with Gasteiger partial charge in [-0.15, -0.1) is 0 Å². The summed E-state index contributed by atoms with van der Waals surface area (Å²) in [6.45, 7) is 7.60. The summed E-state index contributed by atoms with van der Waals surface area (Å²) >= 11 is 0. The molecule has 9 heteroatoms. The molecule has 9 nitrogen and oxygen atoms in total. The monoisotopic (exact) mass is 554 g/mol. The molecule has 4 atom stereocenters. The molecular formula is C31H42N2O7. The molecule has 2 aromatic carbocycles. The number of ether oxygens (including phenoxy) is 2. The van der Waals surface area contributed by atoms with E-state index in [0.717, 1.165) is 17.7 Å². The van der Waals surface area contributed by atoms with Gasteiger partial charge in [0.1, 0.15) is 6.61 Å². The maximum atomic E-state index is 12.0. The molecule has 1 N–H and O–H groups in total. The van der Waals surface area contributed by atoms with Crippen LogP contribution < -0.4 is 0 Å². The minimum atomic E-state index is -0.888. The molecule has 0 unspecified atom stereocenters. The standard InChI is InChI=1S/C15H19NO3.C13H15NO3.C3H8O/c1-11(12-6-4-3-5-7-12)16-9-13(8-15(16)18)14(17)10-19-2;1-9(10-5-3-2-4-6-10)14-8-11(13(16)17)7-12(14)15;1-3-4-2/h3-7,11,13H,8-10H2,1-2H3;2-6,9,11H,7-8H2,1H3,(H,16,17);3H2,1-2H3/t11-,13-;9-,11-;/m11./s1. The molecule has 2 heterocycles. The smallest absolute Gasteiger partial charge is 0.308 e. The fourth-order valence-electron chi connectivity index (χ4n) is 4.68. The summed E-state index contributed by atoms with van der Waals surface area (Å²) in [6, 6.07) is 19.5. The number of methoxy groups -OCH3 is 2.